The highest BCUT2D eigenvalue weighted by atomic mass is 35.5. The number of carbonyl (C=O) groups excluding carboxylic acids is 3. The minimum atomic E-state index is -4.76. The Bertz CT molecular complexity index is 1620. The predicted octanol–water partition coefficient (Wildman–Crippen LogP) is 4.78. The van der Waals surface area contributed by atoms with Gasteiger partial charge in [-0.2, -0.15) is 13.2 Å². The van der Waals surface area contributed by atoms with Gasteiger partial charge in [-0.3, -0.25) is 9.69 Å². The number of carbonyl (C=O) groups is 3. The molecule has 276 valence electrons. The lowest BCUT2D eigenvalue weighted by Crippen LogP contribution is -2.62. The molecule has 15 heteroatoms. The van der Waals surface area contributed by atoms with Gasteiger partial charge in [-0.1, -0.05) is 29.8 Å². The van der Waals surface area contributed by atoms with Gasteiger partial charge in [0.2, 0.25) is 0 Å². The fraction of sp³-hybridized carbons (Fsp3) is 0.583. The molecule has 0 radical (unpaired) electrons. The minimum Gasteiger partial charge on any atom is -0.436 e. The molecule has 2 aromatic carbocycles. The van der Waals surface area contributed by atoms with Crippen LogP contribution in [0.1, 0.15) is 42.4 Å². The second-order valence-electron chi connectivity index (χ2n) is 14.4. The van der Waals surface area contributed by atoms with Crippen molar-refractivity contribution in [3.05, 3.63) is 58.1 Å². The van der Waals surface area contributed by atoms with Crippen LogP contribution in [0.2, 0.25) is 5.02 Å². The third-order valence-electron chi connectivity index (χ3n) is 11.5. The number of hydrogen-bond acceptors (Lipinski definition) is 7. The molecule has 8 rings (SSSR count). The number of anilines is 2. The zero-order chi connectivity index (χ0) is 35.9. The maximum absolute atomic E-state index is 14.1. The predicted molar refractivity (Wildman–Crippen MR) is 186 cm³/mol. The highest BCUT2D eigenvalue weighted by molar-refractivity contribution is 6.33. The third kappa shape index (κ3) is 7.73. The van der Waals surface area contributed by atoms with Crippen LogP contribution >= 0.6 is 11.6 Å². The second kappa shape index (κ2) is 14.7. The van der Waals surface area contributed by atoms with E-state index in [1.807, 2.05) is 29.2 Å². The summed E-state index contributed by atoms with van der Waals surface area (Å²) in [6.07, 6.45) is -3.03. The van der Waals surface area contributed by atoms with Gasteiger partial charge < -0.3 is 35.4 Å². The molecule has 4 amide bonds. The highest BCUT2D eigenvalue weighted by Crippen LogP contribution is 2.38. The Morgan fingerprint density at radius 1 is 0.941 bits per heavy atom. The van der Waals surface area contributed by atoms with Crippen LogP contribution in [0, 0.1) is 5.92 Å². The molecular weight excluding hydrogens is 687 g/mol. The van der Waals surface area contributed by atoms with E-state index >= 15 is 0 Å². The normalized spacial score (nSPS) is 25.2. The van der Waals surface area contributed by atoms with Crippen molar-refractivity contribution in [1.82, 2.24) is 24.5 Å². The Hall–Kier alpha value is -3.75. The van der Waals surface area contributed by atoms with Gasteiger partial charge in [0.1, 0.15) is 0 Å². The molecular formula is C36H45ClF3N7O4. The van der Waals surface area contributed by atoms with Crippen LogP contribution in [0.5, 0.6) is 0 Å². The van der Waals surface area contributed by atoms with Crippen LogP contribution in [0.15, 0.2) is 36.4 Å². The van der Waals surface area contributed by atoms with Crippen molar-refractivity contribution in [3.63, 3.8) is 0 Å². The van der Waals surface area contributed by atoms with Crippen molar-refractivity contribution in [1.29, 1.82) is 0 Å². The number of piperazine rings is 1. The van der Waals surface area contributed by atoms with Crippen molar-refractivity contribution >= 4 is 41.0 Å². The molecule has 0 spiro atoms. The molecule has 2 bridgehead atoms. The van der Waals surface area contributed by atoms with E-state index in [1.165, 1.54) is 23.8 Å². The fourth-order valence-electron chi connectivity index (χ4n) is 8.54. The number of fused-ring (bicyclic) bond motifs is 4. The van der Waals surface area contributed by atoms with Crippen molar-refractivity contribution < 1.29 is 32.3 Å². The molecule has 3 N–H and O–H groups in total. The van der Waals surface area contributed by atoms with Crippen molar-refractivity contribution in [2.24, 2.45) is 5.92 Å². The average molecular weight is 732 g/mol. The molecule has 11 nitrogen and oxygen atoms in total. The molecule has 0 aromatic heterocycles. The highest BCUT2D eigenvalue weighted by Gasteiger charge is 2.41. The lowest BCUT2D eigenvalue weighted by molar-refractivity contribution is -0.143. The number of para-hydroxylation sites is 1. The summed E-state index contributed by atoms with van der Waals surface area (Å²) in [5.74, 6) is 0.201. The Labute approximate surface area is 300 Å². The van der Waals surface area contributed by atoms with Gasteiger partial charge in [0.05, 0.1) is 16.3 Å². The summed E-state index contributed by atoms with van der Waals surface area (Å²) in [7, 11) is 0. The molecule has 51 heavy (non-hydrogen) atoms. The van der Waals surface area contributed by atoms with Crippen molar-refractivity contribution in [2.75, 3.05) is 76.5 Å². The molecule has 2 aromatic rings. The average Bonchev–Trinajstić information content (AvgIpc) is 3.30. The van der Waals surface area contributed by atoms with E-state index in [2.05, 4.69) is 15.1 Å². The number of piperidine rings is 4. The molecule has 5 fully saturated rings. The Balaban J connectivity index is 1.02. The Morgan fingerprint density at radius 3 is 2.31 bits per heavy atom. The van der Waals surface area contributed by atoms with Gasteiger partial charge >= 0.3 is 18.3 Å². The number of nitrogen functional groups attached to an aromatic ring is 1. The first kappa shape index (κ1) is 35.6. The number of nitrogens with zero attached hydrogens (tertiary/aromatic N) is 5. The van der Waals surface area contributed by atoms with Gasteiger partial charge in [0.15, 0.2) is 6.10 Å². The molecule has 1 unspecified atom stereocenters. The van der Waals surface area contributed by atoms with Crippen molar-refractivity contribution in [2.45, 2.75) is 62.9 Å². The smallest absolute Gasteiger partial charge is 0.418 e. The maximum Gasteiger partial charge on any atom is 0.418 e. The van der Waals surface area contributed by atoms with Crippen LogP contribution < -0.4 is 11.1 Å². The number of alkyl halides is 3. The van der Waals surface area contributed by atoms with E-state index in [9.17, 15) is 27.6 Å². The molecule has 0 aliphatic carbocycles. The summed E-state index contributed by atoms with van der Waals surface area (Å²) in [4.78, 5) is 50.7. The van der Waals surface area contributed by atoms with E-state index in [4.69, 9.17) is 22.1 Å². The largest absolute Gasteiger partial charge is 0.436 e. The number of nitrogens with two attached hydrogens (primary N) is 1. The first-order valence-corrected chi connectivity index (χ1v) is 18.3. The van der Waals surface area contributed by atoms with Crippen LogP contribution in [0.25, 0.3) is 0 Å². The van der Waals surface area contributed by atoms with Crippen molar-refractivity contribution in [3.8, 4) is 0 Å². The van der Waals surface area contributed by atoms with Gasteiger partial charge in [-0.25, -0.2) is 9.59 Å². The van der Waals surface area contributed by atoms with Crippen LogP contribution in [0.4, 0.5) is 34.1 Å². The minimum absolute atomic E-state index is 0.0884. The van der Waals surface area contributed by atoms with Gasteiger partial charge in [0, 0.05) is 76.5 Å². The number of hydrogen-bond donors (Lipinski definition) is 2. The maximum atomic E-state index is 14.1. The lowest BCUT2D eigenvalue weighted by atomic mass is 9.83. The summed E-state index contributed by atoms with van der Waals surface area (Å²) in [5.41, 5.74) is 5.92. The van der Waals surface area contributed by atoms with Crippen LogP contribution in [0.3, 0.4) is 0 Å². The summed E-state index contributed by atoms with van der Waals surface area (Å²) >= 11 is 6.13. The zero-order valence-corrected chi connectivity index (χ0v) is 29.3. The Kier molecular flexibility index (Phi) is 10.3. The first-order valence-electron chi connectivity index (χ1n) is 18.0. The number of halogens is 4. The topological polar surface area (TPSA) is 115 Å². The number of likely N-dealkylation sites (tertiary alicyclic amines) is 1. The number of benzene rings is 2. The molecule has 0 saturated carbocycles. The molecule has 6 aliphatic heterocycles. The number of nitrogens with one attached hydrogen (secondary N) is 1. The second-order valence-corrected chi connectivity index (χ2v) is 14.8. The van der Waals surface area contributed by atoms with Gasteiger partial charge in [0.25, 0.3) is 5.91 Å². The first-order chi connectivity index (χ1) is 24.4. The quantitative estimate of drug-likeness (QED) is 0.412. The summed E-state index contributed by atoms with van der Waals surface area (Å²) in [6.45, 7) is 6.66. The number of amides is 4. The van der Waals surface area contributed by atoms with Crippen LogP contribution in [-0.2, 0) is 28.5 Å². The zero-order valence-electron chi connectivity index (χ0n) is 28.5. The summed E-state index contributed by atoms with van der Waals surface area (Å²) < 4.78 is 47.4. The SMILES string of the molecule is Nc1c(Cl)cc(C[C@@H](OC(=O)N2CCC(N3CCc4ccccc4NC3=O)CC2)C(=O)N2CCN(C3CN4CCC3CC4)CC2)cc1C(F)(F)F. The monoisotopic (exact) mass is 731 g/mol. The van der Waals surface area contributed by atoms with E-state index in [1.54, 1.807) is 4.90 Å². The molecule has 6 aliphatic rings. The van der Waals surface area contributed by atoms with Gasteiger partial charge in [-0.15, -0.1) is 0 Å². The molecule has 2 atom stereocenters. The lowest BCUT2D eigenvalue weighted by Gasteiger charge is -2.51. The Morgan fingerprint density at radius 2 is 1.65 bits per heavy atom. The van der Waals surface area contributed by atoms with E-state index in [0.29, 0.717) is 77.0 Å². The summed E-state index contributed by atoms with van der Waals surface area (Å²) in [6, 6.07) is 10.1. The van der Waals surface area contributed by atoms with E-state index in [0.717, 1.165) is 37.0 Å². The molecule has 5 saturated heterocycles. The number of rotatable bonds is 6. The standard InChI is InChI=1S/C36H45ClF3N7O4/c37-28-20-23(19-27(32(28)41)36(38,39)40)21-31(33(48)45-17-15-44(16-18-45)30-22-43-10-5-25(30)6-11-43)51-35(50)46-12-8-26(9-13-46)47-14-7-24-3-1-2-4-29(24)42-34(47)49/h1-4,19-20,25-26,30-31H,5-18,21-22,41H2,(H,42,49)/t30?,31-/m1/s1. The molecule has 6 heterocycles. The van der Waals surface area contributed by atoms with E-state index in [-0.39, 0.29) is 29.1 Å². The number of ether oxygens (including phenoxy) is 1. The number of urea groups is 1. The third-order valence-corrected chi connectivity index (χ3v) is 11.8. The van der Waals surface area contributed by atoms with E-state index < -0.39 is 35.5 Å². The van der Waals surface area contributed by atoms with Crippen LogP contribution in [-0.4, -0.2) is 126 Å². The summed E-state index contributed by atoms with van der Waals surface area (Å²) in [5, 5.41) is 2.71. The fourth-order valence-corrected chi connectivity index (χ4v) is 8.78. The van der Waals surface area contributed by atoms with Gasteiger partial charge in [-0.05, 0) is 80.4 Å².